The quantitative estimate of drug-likeness (QED) is 0.766. The number of carbonyl (C=O) groups is 1. The normalized spacial score (nSPS) is 21.2. The number of nitrogens with zero attached hydrogens (tertiary/aromatic N) is 5. The van der Waals surface area contributed by atoms with Gasteiger partial charge in [-0.1, -0.05) is 0 Å². The smallest absolute Gasteiger partial charge is 0.320 e. The van der Waals surface area contributed by atoms with Crippen LogP contribution >= 0.6 is 0 Å². The zero-order valence-electron chi connectivity index (χ0n) is 15.0. The second kappa shape index (κ2) is 7.15. The van der Waals surface area contributed by atoms with Gasteiger partial charge in [-0.2, -0.15) is 0 Å². The van der Waals surface area contributed by atoms with Crippen LogP contribution in [0.25, 0.3) is 0 Å². The number of fused-ring (bicyclic) bond motifs is 1. The molecular weight excluding hydrogens is 318 g/mol. The molecule has 3 aliphatic rings. The molecule has 4 heterocycles. The molecule has 1 aromatic rings. The largest absolute Gasteiger partial charge is 0.378 e. The standard InChI is InChI=1S/C18H27N5O2/c1-14-15-4-8-23(18(24)22-6-2-3-7-22)9-5-16(15)20-17(19-14)21-10-12-25-13-11-21/h2-13H2,1H3. The topological polar surface area (TPSA) is 61.8 Å². The molecule has 136 valence electrons. The van der Waals surface area contributed by atoms with E-state index < -0.39 is 0 Å². The first-order valence-electron chi connectivity index (χ1n) is 9.45. The van der Waals surface area contributed by atoms with E-state index in [2.05, 4.69) is 11.8 Å². The van der Waals surface area contributed by atoms with E-state index in [-0.39, 0.29) is 6.03 Å². The van der Waals surface area contributed by atoms with Gasteiger partial charge >= 0.3 is 6.03 Å². The van der Waals surface area contributed by atoms with Crippen molar-refractivity contribution in [2.75, 3.05) is 57.4 Å². The Morgan fingerprint density at radius 3 is 2.36 bits per heavy atom. The Bertz CT molecular complexity index is 639. The van der Waals surface area contributed by atoms with Gasteiger partial charge in [0.2, 0.25) is 5.95 Å². The number of hydrogen-bond donors (Lipinski definition) is 0. The van der Waals surface area contributed by atoms with Crippen LogP contribution in [-0.4, -0.2) is 78.3 Å². The molecule has 0 bridgehead atoms. The summed E-state index contributed by atoms with van der Waals surface area (Å²) in [7, 11) is 0. The van der Waals surface area contributed by atoms with Gasteiger partial charge in [0.15, 0.2) is 0 Å². The first kappa shape index (κ1) is 16.6. The minimum Gasteiger partial charge on any atom is -0.378 e. The third-order valence-corrected chi connectivity index (χ3v) is 5.48. The molecule has 2 amide bonds. The van der Waals surface area contributed by atoms with Gasteiger partial charge in [-0.05, 0) is 31.7 Å². The minimum atomic E-state index is 0.198. The number of aromatic nitrogens is 2. The van der Waals surface area contributed by atoms with Crippen molar-refractivity contribution >= 4 is 12.0 Å². The molecule has 4 rings (SSSR count). The van der Waals surface area contributed by atoms with Crippen molar-refractivity contribution in [3.63, 3.8) is 0 Å². The van der Waals surface area contributed by atoms with Crippen molar-refractivity contribution in [2.45, 2.75) is 32.6 Å². The van der Waals surface area contributed by atoms with Crippen molar-refractivity contribution in [1.82, 2.24) is 19.8 Å². The van der Waals surface area contributed by atoms with Crippen LogP contribution in [0, 0.1) is 6.92 Å². The lowest BCUT2D eigenvalue weighted by Crippen LogP contribution is -2.43. The number of anilines is 1. The van der Waals surface area contributed by atoms with Crippen molar-refractivity contribution < 1.29 is 9.53 Å². The number of aryl methyl sites for hydroxylation is 1. The van der Waals surface area contributed by atoms with Crippen molar-refractivity contribution in [3.8, 4) is 0 Å². The maximum absolute atomic E-state index is 12.7. The average Bonchev–Trinajstić information content (AvgIpc) is 3.09. The molecule has 0 aliphatic carbocycles. The number of ether oxygens (including phenoxy) is 1. The van der Waals surface area contributed by atoms with E-state index in [9.17, 15) is 4.79 Å². The van der Waals surface area contributed by atoms with Crippen molar-refractivity contribution in [1.29, 1.82) is 0 Å². The molecule has 2 saturated heterocycles. The number of amides is 2. The summed E-state index contributed by atoms with van der Waals surface area (Å²) in [5, 5.41) is 0. The molecule has 7 heteroatoms. The summed E-state index contributed by atoms with van der Waals surface area (Å²) in [6, 6.07) is 0.198. The van der Waals surface area contributed by atoms with Crippen LogP contribution in [0.3, 0.4) is 0 Å². The van der Waals surface area contributed by atoms with E-state index in [1.807, 2.05) is 9.80 Å². The summed E-state index contributed by atoms with van der Waals surface area (Å²) in [6.45, 7) is 8.56. The molecule has 1 aromatic heterocycles. The molecular formula is C18H27N5O2. The van der Waals surface area contributed by atoms with Gasteiger partial charge < -0.3 is 19.4 Å². The highest BCUT2D eigenvalue weighted by atomic mass is 16.5. The van der Waals surface area contributed by atoms with Gasteiger partial charge in [-0.3, -0.25) is 0 Å². The highest BCUT2D eigenvalue weighted by Gasteiger charge is 2.27. The van der Waals surface area contributed by atoms with Crippen LogP contribution in [0.15, 0.2) is 0 Å². The molecule has 3 aliphatic heterocycles. The second-order valence-electron chi connectivity index (χ2n) is 7.10. The lowest BCUT2D eigenvalue weighted by molar-refractivity contribution is 0.122. The minimum absolute atomic E-state index is 0.198. The van der Waals surface area contributed by atoms with Crippen LogP contribution in [0.5, 0.6) is 0 Å². The lowest BCUT2D eigenvalue weighted by atomic mass is 10.1. The van der Waals surface area contributed by atoms with E-state index in [1.54, 1.807) is 0 Å². The highest BCUT2D eigenvalue weighted by molar-refractivity contribution is 5.74. The van der Waals surface area contributed by atoms with Gasteiger partial charge in [-0.25, -0.2) is 14.8 Å². The maximum atomic E-state index is 12.7. The molecule has 25 heavy (non-hydrogen) atoms. The molecule has 0 aromatic carbocycles. The zero-order valence-corrected chi connectivity index (χ0v) is 15.0. The van der Waals surface area contributed by atoms with Gasteiger partial charge in [0, 0.05) is 51.4 Å². The number of likely N-dealkylation sites (tertiary alicyclic amines) is 1. The van der Waals surface area contributed by atoms with Crippen LogP contribution in [-0.2, 0) is 17.6 Å². The summed E-state index contributed by atoms with van der Waals surface area (Å²) < 4.78 is 5.43. The Labute approximate surface area is 149 Å². The van der Waals surface area contributed by atoms with E-state index in [1.165, 1.54) is 5.56 Å². The van der Waals surface area contributed by atoms with E-state index in [0.29, 0.717) is 0 Å². The number of hydrogen-bond acceptors (Lipinski definition) is 5. The van der Waals surface area contributed by atoms with Crippen LogP contribution in [0.2, 0.25) is 0 Å². The number of morpholine rings is 1. The van der Waals surface area contributed by atoms with Crippen molar-refractivity contribution in [2.24, 2.45) is 0 Å². The molecule has 0 unspecified atom stereocenters. The van der Waals surface area contributed by atoms with Gasteiger partial charge in [0.25, 0.3) is 0 Å². The number of carbonyl (C=O) groups excluding carboxylic acids is 1. The first-order valence-corrected chi connectivity index (χ1v) is 9.45. The summed E-state index contributed by atoms with van der Waals surface area (Å²) in [5.74, 6) is 0.818. The zero-order chi connectivity index (χ0) is 17.2. The maximum Gasteiger partial charge on any atom is 0.320 e. The van der Waals surface area contributed by atoms with Crippen LogP contribution in [0.1, 0.15) is 29.8 Å². The fraction of sp³-hybridized carbons (Fsp3) is 0.722. The Hall–Kier alpha value is -1.89. The van der Waals surface area contributed by atoms with Gasteiger partial charge in [0.1, 0.15) is 0 Å². The third kappa shape index (κ3) is 3.42. The van der Waals surface area contributed by atoms with Crippen LogP contribution in [0.4, 0.5) is 10.7 Å². The second-order valence-corrected chi connectivity index (χ2v) is 7.10. The predicted octanol–water partition coefficient (Wildman–Crippen LogP) is 1.24. The fourth-order valence-corrected chi connectivity index (χ4v) is 3.98. The molecule has 7 nitrogen and oxygen atoms in total. The molecule has 0 radical (unpaired) electrons. The molecule has 0 atom stereocenters. The van der Waals surface area contributed by atoms with Gasteiger partial charge in [-0.15, -0.1) is 0 Å². The summed E-state index contributed by atoms with van der Waals surface area (Å²) in [5.41, 5.74) is 3.40. The van der Waals surface area contributed by atoms with Gasteiger partial charge in [0.05, 0.1) is 18.9 Å². The Balaban J connectivity index is 1.50. The summed E-state index contributed by atoms with van der Waals surface area (Å²) in [4.78, 5) is 28.5. The number of urea groups is 1. The average molecular weight is 345 g/mol. The number of rotatable bonds is 1. The predicted molar refractivity (Wildman–Crippen MR) is 95.0 cm³/mol. The Morgan fingerprint density at radius 1 is 0.920 bits per heavy atom. The van der Waals surface area contributed by atoms with Crippen molar-refractivity contribution in [3.05, 3.63) is 17.0 Å². The SMILES string of the molecule is Cc1nc(N2CCOCC2)nc2c1CCN(C(=O)N1CCCC1)CC2. The van der Waals surface area contributed by atoms with Crippen LogP contribution < -0.4 is 4.90 Å². The first-order chi connectivity index (χ1) is 12.2. The van der Waals surface area contributed by atoms with E-state index in [0.717, 1.165) is 95.5 Å². The Morgan fingerprint density at radius 2 is 1.60 bits per heavy atom. The third-order valence-electron chi connectivity index (χ3n) is 5.48. The fourth-order valence-electron chi connectivity index (χ4n) is 3.98. The summed E-state index contributed by atoms with van der Waals surface area (Å²) >= 11 is 0. The molecule has 0 N–H and O–H groups in total. The Kier molecular flexibility index (Phi) is 4.74. The monoisotopic (exact) mass is 345 g/mol. The molecule has 0 saturated carbocycles. The van der Waals surface area contributed by atoms with E-state index in [4.69, 9.17) is 14.7 Å². The van der Waals surface area contributed by atoms with E-state index >= 15 is 0 Å². The summed E-state index contributed by atoms with van der Waals surface area (Å²) in [6.07, 6.45) is 3.93. The molecule has 0 spiro atoms. The highest BCUT2D eigenvalue weighted by Crippen LogP contribution is 2.22. The lowest BCUT2D eigenvalue weighted by Gasteiger charge is -2.27. The molecule has 2 fully saturated rings.